The monoisotopic (exact) mass is 292 g/mol. The Hall–Kier alpha value is -1.99. The van der Waals surface area contributed by atoms with Crippen molar-refractivity contribution in [2.45, 2.75) is 26.3 Å². The maximum atomic E-state index is 10.7. The van der Waals surface area contributed by atoms with Gasteiger partial charge in [-0.3, -0.25) is 0 Å². The molecule has 0 atom stereocenters. The highest BCUT2D eigenvalue weighted by molar-refractivity contribution is 6.31. The van der Waals surface area contributed by atoms with E-state index in [4.69, 9.17) is 22.0 Å². The molecular formula is C15H17ClN2O2. The average molecular weight is 293 g/mol. The predicted molar refractivity (Wildman–Crippen MR) is 80.8 cm³/mol. The Labute approximate surface area is 123 Å². The molecule has 0 amide bonds. The molecule has 106 valence electrons. The van der Waals surface area contributed by atoms with Crippen molar-refractivity contribution in [3.63, 3.8) is 0 Å². The molecule has 1 rings (SSSR count). The molecule has 1 aromatic rings. The molecule has 0 spiro atoms. The molecule has 0 radical (unpaired) electrons. The second-order valence-corrected chi connectivity index (χ2v) is 5.01. The van der Waals surface area contributed by atoms with Gasteiger partial charge in [-0.25, -0.2) is 4.79 Å². The molecule has 0 aliphatic heterocycles. The van der Waals surface area contributed by atoms with Gasteiger partial charge in [-0.15, -0.1) is 0 Å². The molecule has 5 heteroatoms. The number of hydrogen-bond acceptors (Lipinski definition) is 3. The summed E-state index contributed by atoms with van der Waals surface area (Å²) >= 11 is 6.03. The Kier molecular flexibility index (Phi) is 6.08. The van der Waals surface area contributed by atoms with Gasteiger partial charge in [0, 0.05) is 29.4 Å². The van der Waals surface area contributed by atoms with Crippen LogP contribution in [0, 0.1) is 11.3 Å². The minimum atomic E-state index is -1.00. The lowest BCUT2D eigenvalue weighted by Crippen LogP contribution is -2.32. The molecule has 0 saturated carbocycles. The zero-order chi connectivity index (χ0) is 15.1. The van der Waals surface area contributed by atoms with Gasteiger partial charge < -0.3 is 10.0 Å². The van der Waals surface area contributed by atoms with Crippen LogP contribution in [0.4, 0.5) is 5.69 Å². The fraction of sp³-hybridized carbons (Fsp3) is 0.333. The third-order valence-corrected chi connectivity index (χ3v) is 3.03. The van der Waals surface area contributed by atoms with Crippen molar-refractivity contribution >= 4 is 29.3 Å². The van der Waals surface area contributed by atoms with Crippen molar-refractivity contribution in [1.82, 2.24) is 0 Å². The Morgan fingerprint density at radius 3 is 2.80 bits per heavy atom. The van der Waals surface area contributed by atoms with E-state index in [1.807, 2.05) is 18.7 Å². The van der Waals surface area contributed by atoms with Gasteiger partial charge in [0.15, 0.2) is 0 Å². The van der Waals surface area contributed by atoms with Gasteiger partial charge in [0.25, 0.3) is 0 Å². The highest BCUT2D eigenvalue weighted by Gasteiger charge is 2.14. The number of benzene rings is 1. The number of rotatable bonds is 6. The van der Waals surface area contributed by atoms with Crippen LogP contribution in [0.15, 0.2) is 24.3 Å². The number of aliphatic carboxylic acids is 1. The van der Waals surface area contributed by atoms with Gasteiger partial charge in [0.1, 0.15) is 0 Å². The minimum absolute atomic E-state index is 0.179. The number of hydrogen-bond donors (Lipinski definition) is 1. The first kappa shape index (κ1) is 16.1. The van der Waals surface area contributed by atoms with Gasteiger partial charge in [-0.2, -0.15) is 5.26 Å². The summed E-state index contributed by atoms with van der Waals surface area (Å²) in [6.45, 7) is 4.61. The smallest absolute Gasteiger partial charge is 0.328 e. The summed E-state index contributed by atoms with van der Waals surface area (Å²) in [7, 11) is 0. The zero-order valence-corrected chi connectivity index (χ0v) is 12.3. The van der Waals surface area contributed by atoms with Crippen molar-refractivity contribution in [1.29, 1.82) is 5.26 Å². The fourth-order valence-corrected chi connectivity index (χ4v) is 2.06. The van der Waals surface area contributed by atoms with Crippen LogP contribution in [-0.4, -0.2) is 23.7 Å². The molecule has 0 aliphatic rings. The number of nitriles is 1. The van der Waals surface area contributed by atoms with Crippen LogP contribution in [-0.2, 0) is 4.79 Å². The molecule has 1 N–H and O–H groups in total. The van der Waals surface area contributed by atoms with Crippen LogP contribution in [0.5, 0.6) is 0 Å². The molecule has 0 aliphatic carbocycles. The first-order chi connectivity index (χ1) is 9.45. The van der Waals surface area contributed by atoms with Crippen molar-refractivity contribution in [2.75, 3.05) is 11.4 Å². The van der Waals surface area contributed by atoms with Crippen molar-refractivity contribution in [2.24, 2.45) is 0 Å². The van der Waals surface area contributed by atoms with E-state index in [1.54, 1.807) is 18.2 Å². The zero-order valence-electron chi connectivity index (χ0n) is 11.5. The maximum absolute atomic E-state index is 10.7. The maximum Gasteiger partial charge on any atom is 0.328 e. The normalized spacial score (nSPS) is 10.8. The quantitative estimate of drug-likeness (QED) is 0.814. The highest BCUT2D eigenvalue weighted by Crippen LogP contribution is 2.28. The molecular weight excluding hydrogens is 276 g/mol. The Morgan fingerprint density at radius 1 is 1.55 bits per heavy atom. The van der Waals surface area contributed by atoms with Gasteiger partial charge in [-0.1, -0.05) is 17.7 Å². The first-order valence-electron chi connectivity index (χ1n) is 6.30. The number of carbonyl (C=O) groups is 1. The van der Waals surface area contributed by atoms with E-state index in [0.29, 0.717) is 18.0 Å². The van der Waals surface area contributed by atoms with E-state index in [-0.39, 0.29) is 6.04 Å². The summed E-state index contributed by atoms with van der Waals surface area (Å²) < 4.78 is 0. The first-order valence-corrected chi connectivity index (χ1v) is 6.67. The lowest BCUT2D eigenvalue weighted by molar-refractivity contribution is -0.131. The number of nitrogens with zero attached hydrogens (tertiary/aromatic N) is 2. The average Bonchev–Trinajstić information content (AvgIpc) is 2.37. The molecule has 0 unspecified atom stereocenters. The molecule has 1 aromatic carbocycles. The van der Waals surface area contributed by atoms with Crippen molar-refractivity contribution in [3.05, 3.63) is 34.9 Å². The highest BCUT2D eigenvalue weighted by atomic mass is 35.5. The summed E-state index contributed by atoms with van der Waals surface area (Å²) in [4.78, 5) is 12.7. The second kappa shape index (κ2) is 7.56. The Morgan fingerprint density at radius 2 is 2.25 bits per heavy atom. The molecule has 0 aromatic heterocycles. The lowest BCUT2D eigenvalue weighted by atomic mass is 10.1. The summed E-state index contributed by atoms with van der Waals surface area (Å²) in [5.74, 6) is -1.00. The number of carboxylic acids is 1. The summed E-state index contributed by atoms with van der Waals surface area (Å²) in [5.41, 5.74) is 1.60. The summed E-state index contributed by atoms with van der Waals surface area (Å²) in [5, 5.41) is 18.1. The third kappa shape index (κ3) is 4.60. The van der Waals surface area contributed by atoms with Crippen LogP contribution in [0.1, 0.15) is 25.8 Å². The summed E-state index contributed by atoms with van der Waals surface area (Å²) in [6, 6.07) is 7.59. The molecule has 4 nitrogen and oxygen atoms in total. The van der Waals surface area contributed by atoms with Crippen LogP contribution in [0.25, 0.3) is 6.08 Å². The van der Waals surface area contributed by atoms with E-state index < -0.39 is 5.97 Å². The van der Waals surface area contributed by atoms with Gasteiger partial charge in [0.05, 0.1) is 12.5 Å². The number of carboxylic acid groups (broad SMARTS) is 1. The van der Waals surface area contributed by atoms with Crippen LogP contribution < -0.4 is 4.90 Å². The van der Waals surface area contributed by atoms with E-state index >= 15 is 0 Å². The van der Waals surface area contributed by atoms with E-state index in [0.717, 1.165) is 17.3 Å². The van der Waals surface area contributed by atoms with E-state index in [2.05, 4.69) is 6.07 Å². The Balaban J connectivity index is 3.20. The predicted octanol–water partition coefficient (Wildman–Crippen LogP) is 3.57. The lowest BCUT2D eigenvalue weighted by Gasteiger charge is -2.30. The molecule has 20 heavy (non-hydrogen) atoms. The molecule has 0 bridgehead atoms. The van der Waals surface area contributed by atoms with Crippen LogP contribution in [0.2, 0.25) is 5.02 Å². The second-order valence-electron chi connectivity index (χ2n) is 4.57. The Bertz CT molecular complexity index is 547. The largest absolute Gasteiger partial charge is 0.478 e. The summed E-state index contributed by atoms with van der Waals surface area (Å²) in [6.07, 6.45) is 3.03. The van der Waals surface area contributed by atoms with Gasteiger partial charge >= 0.3 is 5.97 Å². The SMILES string of the molecule is CC(C)N(CCC#N)c1cc(Cl)ccc1/C=C/C(=O)O. The van der Waals surface area contributed by atoms with E-state index in [9.17, 15) is 4.79 Å². The third-order valence-electron chi connectivity index (χ3n) is 2.80. The van der Waals surface area contributed by atoms with Crippen LogP contribution >= 0.6 is 11.6 Å². The van der Waals surface area contributed by atoms with Crippen LogP contribution in [0.3, 0.4) is 0 Å². The number of anilines is 1. The van der Waals surface area contributed by atoms with Crippen molar-refractivity contribution < 1.29 is 9.90 Å². The number of halogens is 1. The molecule has 0 fully saturated rings. The topological polar surface area (TPSA) is 64.3 Å². The standard InChI is InChI=1S/C15H17ClN2O2/c1-11(2)18(9-3-8-17)14-10-13(16)6-4-12(14)5-7-15(19)20/h4-7,10-11H,3,9H2,1-2H3,(H,19,20)/b7-5+. The minimum Gasteiger partial charge on any atom is -0.478 e. The van der Waals surface area contributed by atoms with Gasteiger partial charge in [0.2, 0.25) is 0 Å². The molecule has 0 saturated heterocycles. The fourth-order valence-electron chi connectivity index (χ4n) is 1.89. The molecule has 0 heterocycles. The van der Waals surface area contributed by atoms with E-state index in [1.165, 1.54) is 6.08 Å². The van der Waals surface area contributed by atoms with Crippen molar-refractivity contribution in [3.8, 4) is 6.07 Å². The van der Waals surface area contributed by atoms with Gasteiger partial charge in [-0.05, 0) is 37.6 Å².